The van der Waals surface area contributed by atoms with Crippen LogP contribution in [0.2, 0.25) is 0 Å². The van der Waals surface area contributed by atoms with Gasteiger partial charge in [-0.2, -0.15) is 0 Å². The van der Waals surface area contributed by atoms with Crippen LogP contribution in [0.25, 0.3) is 0 Å². The van der Waals surface area contributed by atoms with E-state index in [1.54, 1.807) is 18.2 Å². The van der Waals surface area contributed by atoms with Crippen LogP contribution in [0.4, 0.5) is 8.78 Å². The van der Waals surface area contributed by atoms with Gasteiger partial charge in [-0.15, -0.1) is 0 Å². The van der Waals surface area contributed by atoms with E-state index in [2.05, 4.69) is 13.8 Å². The summed E-state index contributed by atoms with van der Waals surface area (Å²) in [5.41, 5.74) is 1.13. The zero-order chi connectivity index (χ0) is 24.3. The van der Waals surface area contributed by atoms with Gasteiger partial charge in [-0.05, 0) is 60.4 Å². The Bertz CT molecular complexity index is 899. The minimum Gasteiger partial charge on any atom is -0.423 e. The van der Waals surface area contributed by atoms with Crippen molar-refractivity contribution in [3.63, 3.8) is 0 Å². The van der Waals surface area contributed by atoms with Gasteiger partial charge in [0.1, 0.15) is 5.75 Å². The molecule has 0 bridgehead atoms. The highest BCUT2D eigenvalue weighted by atomic mass is 19.2. The molecule has 3 rings (SSSR count). The van der Waals surface area contributed by atoms with E-state index in [-0.39, 0.29) is 5.56 Å². The van der Waals surface area contributed by atoms with E-state index in [9.17, 15) is 13.6 Å². The first-order valence-corrected chi connectivity index (χ1v) is 13.3. The number of aryl methyl sites for hydroxylation is 2. The van der Waals surface area contributed by atoms with Gasteiger partial charge in [0, 0.05) is 0 Å². The van der Waals surface area contributed by atoms with E-state index in [4.69, 9.17) is 4.74 Å². The molecule has 1 saturated carbocycles. The Morgan fingerprint density at radius 3 is 2.12 bits per heavy atom. The Labute approximate surface area is 204 Å². The number of ether oxygens (including phenoxy) is 1. The van der Waals surface area contributed by atoms with Gasteiger partial charge in [0.15, 0.2) is 11.6 Å². The zero-order valence-electron chi connectivity index (χ0n) is 20.9. The highest BCUT2D eigenvalue weighted by Gasteiger charge is 2.23. The molecule has 1 aliphatic carbocycles. The molecular weight excluding hydrogens is 430 g/mol. The fourth-order valence-corrected chi connectivity index (χ4v) is 5.14. The second kappa shape index (κ2) is 13.6. The fourth-order valence-electron chi connectivity index (χ4n) is 5.14. The number of unbranched alkanes of at least 4 members (excludes halogenated alkanes) is 3. The monoisotopic (exact) mass is 470 g/mol. The standard InChI is InChI=1S/C30H40F2O2/c1-3-5-6-7-9-23-10-12-24(13-11-23)14-17-25-18-21-27(29(32)28(25)31)30(33)34-26-19-15-22(8-4-2)16-20-26/h15-16,18-21,23-24H,3-14,17H2,1-2H3. The third-order valence-corrected chi connectivity index (χ3v) is 7.31. The molecule has 1 fully saturated rings. The van der Waals surface area contributed by atoms with E-state index in [0.29, 0.717) is 23.7 Å². The van der Waals surface area contributed by atoms with Crippen LogP contribution in [0, 0.1) is 23.5 Å². The molecule has 0 saturated heterocycles. The second-order valence-corrected chi connectivity index (χ2v) is 9.96. The van der Waals surface area contributed by atoms with Crippen molar-refractivity contribution >= 4 is 5.97 Å². The summed E-state index contributed by atoms with van der Waals surface area (Å²) in [6.07, 6.45) is 14.9. The molecule has 0 amide bonds. The zero-order valence-corrected chi connectivity index (χ0v) is 20.9. The van der Waals surface area contributed by atoms with Gasteiger partial charge >= 0.3 is 5.97 Å². The number of esters is 1. The molecule has 0 heterocycles. The number of hydrogen-bond acceptors (Lipinski definition) is 2. The minimum absolute atomic E-state index is 0.328. The molecule has 0 aliphatic heterocycles. The van der Waals surface area contributed by atoms with Crippen LogP contribution >= 0.6 is 0 Å². The molecule has 0 spiro atoms. The summed E-state index contributed by atoms with van der Waals surface area (Å²) in [5, 5.41) is 0. The summed E-state index contributed by atoms with van der Waals surface area (Å²) in [6, 6.07) is 10.0. The minimum atomic E-state index is -1.11. The largest absolute Gasteiger partial charge is 0.423 e. The number of halogens is 2. The SMILES string of the molecule is CCCCCCC1CCC(CCc2ccc(C(=O)Oc3ccc(CCC)cc3)c(F)c2F)CC1. The van der Waals surface area contributed by atoms with Crippen molar-refractivity contribution in [3.05, 3.63) is 64.7 Å². The first-order chi connectivity index (χ1) is 16.5. The maximum atomic E-state index is 14.7. The highest BCUT2D eigenvalue weighted by Crippen LogP contribution is 2.34. The van der Waals surface area contributed by atoms with E-state index in [1.807, 2.05) is 12.1 Å². The predicted molar refractivity (Wildman–Crippen MR) is 134 cm³/mol. The molecular formula is C30H40F2O2. The van der Waals surface area contributed by atoms with Crippen LogP contribution in [-0.2, 0) is 12.8 Å². The fraction of sp³-hybridized carbons (Fsp3) is 0.567. The maximum absolute atomic E-state index is 14.7. The second-order valence-electron chi connectivity index (χ2n) is 9.96. The lowest BCUT2D eigenvalue weighted by atomic mass is 9.77. The van der Waals surface area contributed by atoms with Crippen molar-refractivity contribution in [1.29, 1.82) is 0 Å². The first kappa shape index (κ1) is 26.4. The van der Waals surface area contributed by atoms with Crippen LogP contribution < -0.4 is 4.74 Å². The number of carbonyl (C=O) groups excluding carboxylic acids is 1. The van der Waals surface area contributed by atoms with E-state index in [0.717, 1.165) is 30.7 Å². The summed E-state index contributed by atoms with van der Waals surface area (Å²) in [5.74, 6) is -1.15. The lowest BCUT2D eigenvalue weighted by molar-refractivity contribution is 0.0728. The van der Waals surface area contributed by atoms with Crippen LogP contribution in [0.5, 0.6) is 5.75 Å². The number of benzene rings is 2. The normalized spacial score (nSPS) is 18.1. The number of hydrogen-bond donors (Lipinski definition) is 0. The van der Waals surface area contributed by atoms with E-state index < -0.39 is 17.6 Å². The molecule has 1 aliphatic rings. The molecule has 2 nitrogen and oxygen atoms in total. The van der Waals surface area contributed by atoms with Crippen LogP contribution in [0.3, 0.4) is 0 Å². The average Bonchev–Trinajstić information content (AvgIpc) is 2.85. The van der Waals surface area contributed by atoms with Gasteiger partial charge in [0.05, 0.1) is 5.56 Å². The van der Waals surface area contributed by atoms with Gasteiger partial charge in [-0.1, -0.05) is 96.3 Å². The van der Waals surface area contributed by atoms with Crippen LogP contribution in [-0.4, -0.2) is 5.97 Å². The van der Waals surface area contributed by atoms with Gasteiger partial charge < -0.3 is 4.74 Å². The van der Waals surface area contributed by atoms with Gasteiger partial charge in [-0.3, -0.25) is 0 Å². The maximum Gasteiger partial charge on any atom is 0.346 e. The molecule has 2 aromatic rings. The number of rotatable bonds is 12. The highest BCUT2D eigenvalue weighted by molar-refractivity contribution is 5.91. The summed E-state index contributed by atoms with van der Waals surface area (Å²) in [4.78, 5) is 12.4. The summed E-state index contributed by atoms with van der Waals surface area (Å²) in [7, 11) is 0. The Balaban J connectivity index is 1.49. The quantitative estimate of drug-likeness (QED) is 0.176. The van der Waals surface area contributed by atoms with Crippen molar-refractivity contribution < 1.29 is 18.3 Å². The summed E-state index contributed by atoms with van der Waals surface area (Å²) >= 11 is 0. The topological polar surface area (TPSA) is 26.3 Å². The molecule has 0 aromatic heterocycles. The molecule has 4 heteroatoms. The third-order valence-electron chi connectivity index (χ3n) is 7.31. The van der Waals surface area contributed by atoms with Crippen molar-refractivity contribution in [1.82, 2.24) is 0 Å². The summed E-state index contributed by atoms with van der Waals surface area (Å²) in [6.45, 7) is 4.34. The predicted octanol–water partition coefficient (Wildman–Crippen LogP) is 8.85. The lowest BCUT2D eigenvalue weighted by Crippen LogP contribution is -2.16. The molecule has 0 radical (unpaired) electrons. The van der Waals surface area contributed by atoms with Crippen LogP contribution in [0.15, 0.2) is 36.4 Å². The van der Waals surface area contributed by atoms with Gasteiger partial charge in [-0.25, -0.2) is 13.6 Å². The molecule has 0 unspecified atom stereocenters. The van der Waals surface area contributed by atoms with Crippen molar-refractivity contribution in [2.75, 3.05) is 0 Å². The van der Waals surface area contributed by atoms with Crippen molar-refractivity contribution in [2.45, 2.75) is 97.3 Å². The Hall–Kier alpha value is -2.23. The van der Waals surface area contributed by atoms with Crippen molar-refractivity contribution in [3.8, 4) is 5.75 Å². The van der Waals surface area contributed by atoms with Gasteiger partial charge in [0.2, 0.25) is 0 Å². The molecule has 0 atom stereocenters. The third kappa shape index (κ3) is 7.65. The molecule has 0 N–H and O–H groups in total. The van der Waals surface area contributed by atoms with Crippen molar-refractivity contribution in [2.24, 2.45) is 11.8 Å². The summed E-state index contributed by atoms with van der Waals surface area (Å²) < 4.78 is 34.7. The molecule has 34 heavy (non-hydrogen) atoms. The smallest absolute Gasteiger partial charge is 0.346 e. The molecule has 2 aromatic carbocycles. The Morgan fingerprint density at radius 2 is 1.47 bits per heavy atom. The Morgan fingerprint density at radius 1 is 0.794 bits per heavy atom. The number of carbonyl (C=O) groups is 1. The Kier molecular flexibility index (Phi) is 10.6. The van der Waals surface area contributed by atoms with Crippen LogP contribution in [0.1, 0.15) is 106 Å². The van der Waals surface area contributed by atoms with E-state index >= 15 is 0 Å². The van der Waals surface area contributed by atoms with Gasteiger partial charge in [0.25, 0.3) is 0 Å². The average molecular weight is 471 g/mol. The molecule has 186 valence electrons. The lowest BCUT2D eigenvalue weighted by Gasteiger charge is -2.28. The first-order valence-electron chi connectivity index (χ1n) is 13.3. The van der Waals surface area contributed by atoms with E-state index in [1.165, 1.54) is 63.9 Å².